The molecule has 1 fully saturated rings. The molecule has 9 heteroatoms. The first-order chi connectivity index (χ1) is 8.71. The average Bonchev–Trinajstić information content (AvgIpc) is 2.34. The van der Waals surface area contributed by atoms with E-state index < -0.39 is 19.9 Å². The number of rotatable bonds is 7. The van der Waals surface area contributed by atoms with Gasteiger partial charge in [-0.05, 0) is 0 Å². The van der Waals surface area contributed by atoms with Crippen LogP contribution in [0, 0.1) is 0 Å². The molecule has 0 aromatic carbocycles. The van der Waals surface area contributed by atoms with Crippen molar-refractivity contribution in [2.45, 2.75) is 0 Å². The van der Waals surface area contributed by atoms with E-state index in [-0.39, 0.29) is 11.5 Å². The lowest BCUT2D eigenvalue weighted by Crippen LogP contribution is -2.46. The van der Waals surface area contributed by atoms with Crippen molar-refractivity contribution in [2.24, 2.45) is 0 Å². The minimum atomic E-state index is -3.48. The van der Waals surface area contributed by atoms with Gasteiger partial charge in [-0.1, -0.05) is 0 Å². The van der Waals surface area contributed by atoms with Crippen molar-refractivity contribution in [3.05, 3.63) is 0 Å². The maximum absolute atomic E-state index is 11.9. The Morgan fingerprint density at radius 2 is 1.68 bits per heavy atom. The van der Waals surface area contributed by atoms with Crippen LogP contribution in [-0.4, -0.2) is 90.1 Å². The standard InChI is InChI=1S/C10H23N3O4S2/c1-12(7-8-13-5-3-11-4-6-13)19(16,17)10-9-18(2,14)15/h11H,3-10H2,1-2H3. The second-order valence-electron chi connectivity index (χ2n) is 4.86. The molecule has 0 bridgehead atoms. The smallest absolute Gasteiger partial charge is 0.214 e. The van der Waals surface area contributed by atoms with E-state index in [0.29, 0.717) is 13.1 Å². The van der Waals surface area contributed by atoms with Crippen LogP contribution in [0.15, 0.2) is 0 Å². The Balaban J connectivity index is 2.40. The van der Waals surface area contributed by atoms with Crippen LogP contribution in [-0.2, 0) is 19.9 Å². The minimum absolute atomic E-state index is 0.326. The van der Waals surface area contributed by atoms with E-state index in [1.54, 1.807) is 0 Å². The third-order valence-corrected chi connectivity index (χ3v) is 6.18. The predicted molar refractivity (Wildman–Crippen MR) is 75.4 cm³/mol. The highest BCUT2D eigenvalue weighted by Crippen LogP contribution is 2.01. The highest BCUT2D eigenvalue weighted by molar-refractivity contribution is 7.93. The molecular formula is C10H23N3O4S2. The minimum Gasteiger partial charge on any atom is -0.314 e. The molecule has 1 aliphatic heterocycles. The molecular weight excluding hydrogens is 290 g/mol. The summed E-state index contributed by atoms with van der Waals surface area (Å²) in [7, 11) is -5.23. The van der Waals surface area contributed by atoms with Crippen LogP contribution >= 0.6 is 0 Å². The first kappa shape index (κ1) is 16.8. The summed E-state index contributed by atoms with van der Waals surface area (Å²) in [6.45, 7) is 4.74. The number of nitrogens with zero attached hydrogens (tertiary/aromatic N) is 2. The highest BCUT2D eigenvalue weighted by Gasteiger charge is 2.21. The molecule has 114 valence electrons. The normalized spacial score (nSPS) is 18.9. The van der Waals surface area contributed by atoms with Gasteiger partial charge in [-0.15, -0.1) is 0 Å². The Kier molecular flexibility index (Phi) is 6.18. The summed E-state index contributed by atoms with van der Waals surface area (Å²) in [5.74, 6) is -0.669. The Morgan fingerprint density at radius 3 is 2.21 bits per heavy atom. The molecule has 19 heavy (non-hydrogen) atoms. The molecule has 0 atom stereocenters. The molecule has 0 amide bonds. The molecule has 0 aliphatic carbocycles. The summed E-state index contributed by atoms with van der Waals surface area (Å²) >= 11 is 0. The van der Waals surface area contributed by atoms with Crippen molar-refractivity contribution in [2.75, 3.05) is 64.1 Å². The number of likely N-dealkylation sites (N-methyl/N-ethyl adjacent to an activating group) is 1. The van der Waals surface area contributed by atoms with Gasteiger partial charge < -0.3 is 5.32 Å². The van der Waals surface area contributed by atoms with Crippen molar-refractivity contribution >= 4 is 19.9 Å². The number of hydrogen-bond acceptors (Lipinski definition) is 6. The summed E-state index contributed by atoms with van der Waals surface area (Å²) < 4.78 is 47.0. The van der Waals surface area contributed by atoms with Crippen LogP contribution in [0.4, 0.5) is 0 Å². The van der Waals surface area contributed by atoms with E-state index in [9.17, 15) is 16.8 Å². The van der Waals surface area contributed by atoms with Crippen LogP contribution < -0.4 is 5.32 Å². The monoisotopic (exact) mass is 313 g/mol. The van der Waals surface area contributed by atoms with Crippen molar-refractivity contribution < 1.29 is 16.8 Å². The van der Waals surface area contributed by atoms with Crippen molar-refractivity contribution in [1.29, 1.82) is 0 Å². The van der Waals surface area contributed by atoms with Gasteiger partial charge in [-0.25, -0.2) is 21.1 Å². The SMILES string of the molecule is CN(CCN1CCNCC1)S(=O)(=O)CCS(C)(=O)=O. The van der Waals surface area contributed by atoms with Crippen LogP contribution in [0.25, 0.3) is 0 Å². The third kappa shape index (κ3) is 6.66. The molecule has 1 saturated heterocycles. The fourth-order valence-electron chi connectivity index (χ4n) is 1.77. The Labute approximate surface area is 115 Å². The highest BCUT2D eigenvalue weighted by atomic mass is 32.2. The number of sulfone groups is 1. The maximum Gasteiger partial charge on any atom is 0.214 e. The van der Waals surface area contributed by atoms with Gasteiger partial charge in [-0.2, -0.15) is 0 Å². The summed E-state index contributed by atoms with van der Waals surface area (Å²) in [5.41, 5.74) is 0. The zero-order valence-corrected chi connectivity index (χ0v) is 13.1. The van der Waals surface area contributed by atoms with Gasteiger partial charge in [0.1, 0.15) is 9.84 Å². The van der Waals surface area contributed by atoms with Crippen molar-refractivity contribution in [3.8, 4) is 0 Å². The Hall–Kier alpha value is -0.220. The van der Waals surface area contributed by atoms with Gasteiger partial charge in [0.2, 0.25) is 10.0 Å². The van der Waals surface area contributed by atoms with E-state index in [1.165, 1.54) is 11.4 Å². The quantitative estimate of drug-likeness (QED) is 0.597. The Morgan fingerprint density at radius 1 is 1.11 bits per heavy atom. The number of piperazine rings is 1. The lowest BCUT2D eigenvalue weighted by molar-refractivity contribution is 0.229. The molecule has 1 rings (SSSR count). The van der Waals surface area contributed by atoms with E-state index >= 15 is 0 Å². The van der Waals surface area contributed by atoms with Gasteiger partial charge >= 0.3 is 0 Å². The van der Waals surface area contributed by atoms with E-state index in [4.69, 9.17) is 0 Å². The maximum atomic E-state index is 11.9. The van der Waals surface area contributed by atoms with Crippen LogP contribution in [0.1, 0.15) is 0 Å². The fraction of sp³-hybridized carbons (Fsp3) is 1.00. The Bertz CT molecular complexity index is 469. The van der Waals surface area contributed by atoms with Gasteiger partial charge in [-0.3, -0.25) is 4.90 Å². The number of nitrogens with one attached hydrogen (secondary N) is 1. The molecule has 0 unspecified atom stereocenters. The molecule has 0 spiro atoms. The van der Waals surface area contributed by atoms with Crippen LogP contribution in [0.2, 0.25) is 0 Å². The second kappa shape index (κ2) is 6.98. The van der Waals surface area contributed by atoms with Crippen LogP contribution in [0.3, 0.4) is 0 Å². The molecule has 0 radical (unpaired) electrons. The van der Waals surface area contributed by atoms with Gasteiger partial charge in [0, 0.05) is 52.6 Å². The third-order valence-electron chi connectivity index (χ3n) is 3.13. The van der Waals surface area contributed by atoms with Crippen molar-refractivity contribution in [3.63, 3.8) is 0 Å². The number of hydrogen-bond donors (Lipinski definition) is 1. The second-order valence-corrected chi connectivity index (χ2v) is 9.31. The zero-order valence-electron chi connectivity index (χ0n) is 11.5. The van der Waals surface area contributed by atoms with E-state index in [1.807, 2.05) is 0 Å². The largest absolute Gasteiger partial charge is 0.314 e. The summed E-state index contributed by atoms with van der Waals surface area (Å²) in [6, 6.07) is 0. The molecule has 1 heterocycles. The van der Waals surface area contributed by atoms with Gasteiger partial charge in [0.15, 0.2) is 0 Å². The first-order valence-corrected chi connectivity index (χ1v) is 9.92. The van der Waals surface area contributed by atoms with Gasteiger partial charge in [0.25, 0.3) is 0 Å². The lowest BCUT2D eigenvalue weighted by Gasteiger charge is -2.28. The summed E-state index contributed by atoms with van der Waals surface area (Å²) in [6.07, 6.45) is 1.04. The molecule has 1 N–H and O–H groups in total. The average molecular weight is 313 g/mol. The predicted octanol–water partition coefficient (Wildman–Crippen LogP) is -1.80. The molecule has 0 saturated carbocycles. The fourth-order valence-corrected chi connectivity index (χ4v) is 4.49. The molecule has 0 aromatic heterocycles. The lowest BCUT2D eigenvalue weighted by atomic mass is 10.3. The molecule has 7 nitrogen and oxygen atoms in total. The van der Waals surface area contributed by atoms with Crippen molar-refractivity contribution in [1.82, 2.24) is 14.5 Å². The topological polar surface area (TPSA) is 86.8 Å². The van der Waals surface area contributed by atoms with Crippen LogP contribution in [0.5, 0.6) is 0 Å². The first-order valence-electron chi connectivity index (χ1n) is 6.25. The zero-order chi connectivity index (χ0) is 14.5. The summed E-state index contributed by atoms with van der Waals surface area (Å²) in [5, 5.41) is 3.23. The molecule has 1 aliphatic rings. The van der Waals surface area contributed by atoms with E-state index in [2.05, 4.69) is 10.2 Å². The number of sulfonamides is 1. The summed E-state index contributed by atoms with van der Waals surface area (Å²) in [4.78, 5) is 2.19. The van der Waals surface area contributed by atoms with Gasteiger partial charge in [0.05, 0.1) is 11.5 Å². The molecule has 0 aromatic rings. The van der Waals surface area contributed by atoms with E-state index in [0.717, 1.165) is 32.4 Å².